The van der Waals surface area contributed by atoms with E-state index in [0.717, 1.165) is 0 Å². The Kier molecular flexibility index (Phi) is 5.17. The van der Waals surface area contributed by atoms with E-state index >= 15 is 0 Å². The predicted octanol–water partition coefficient (Wildman–Crippen LogP) is 4.08. The number of hydrogen-bond donors (Lipinski definition) is 1. The van der Waals surface area contributed by atoms with Gasteiger partial charge in [-0.25, -0.2) is 0 Å². The van der Waals surface area contributed by atoms with Gasteiger partial charge in [-0.05, 0) is 34.1 Å². The molecule has 0 saturated carbocycles. The first-order valence-corrected chi connectivity index (χ1v) is 7.14. The third-order valence-corrected chi connectivity index (χ3v) is 3.69. The molecule has 0 aromatic heterocycles. The van der Waals surface area contributed by atoms with Gasteiger partial charge in [-0.15, -0.1) is 0 Å². The maximum Gasteiger partial charge on any atom is 0.276 e. The van der Waals surface area contributed by atoms with Gasteiger partial charge in [0.05, 0.1) is 21.6 Å². The van der Waals surface area contributed by atoms with Crippen LogP contribution in [0.2, 0.25) is 5.02 Å². The van der Waals surface area contributed by atoms with Crippen LogP contribution >= 0.6 is 27.5 Å². The smallest absolute Gasteiger partial charge is 0.276 e. The number of benzene rings is 2. The van der Waals surface area contributed by atoms with Crippen molar-refractivity contribution >= 4 is 33.2 Å². The number of nitro benzene ring substituents is 1. The molecule has 0 heterocycles. The number of aliphatic hydroxyl groups is 1. The monoisotopic (exact) mass is 371 g/mol. The van der Waals surface area contributed by atoms with Crippen LogP contribution in [0.5, 0.6) is 5.75 Å². The Bertz CT molecular complexity index is 678. The molecule has 0 saturated heterocycles. The second-order valence-corrected chi connectivity index (χ2v) is 5.50. The quantitative estimate of drug-likeness (QED) is 0.634. The van der Waals surface area contributed by atoms with Gasteiger partial charge in [0.2, 0.25) is 0 Å². The van der Waals surface area contributed by atoms with Crippen LogP contribution in [0.4, 0.5) is 5.69 Å². The van der Waals surface area contributed by atoms with Gasteiger partial charge in [0, 0.05) is 16.7 Å². The minimum atomic E-state index is -0.484. The number of halogens is 2. The van der Waals surface area contributed by atoms with Gasteiger partial charge in [-0.3, -0.25) is 10.1 Å². The van der Waals surface area contributed by atoms with Gasteiger partial charge in [-0.1, -0.05) is 23.7 Å². The molecular weight excluding hydrogens is 362 g/mol. The summed E-state index contributed by atoms with van der Waals surface area (Å²) in [5, 5.41) is 20.7. The first-order chi connectivity index (χ1) is 10.0. The molecule has 0 bridgehead atoms. The predicted molar refractivity (Wildman–Crippen MR) is 82.5 cm³/mol. The second kappa shape index (κ2) is 6.89. The van der Waals surface area contributed by atoms with Crippen LogP contribution in [-0.4, -0.2) is 10.0 Å². The van der Waals surface area contributed by atoms with Crippen LogP contribution < -0.4 is 4.74 Å². The average molecular weight is 373 g/mol. The third kappa shape index (κ3) is 3.72. The maximum absolute atomic E-state index is 11.0. The lowest BCUT2D eigenvalue weighted by Crippen LogP contribution is -2.03. The third-order valence-electron chi connectivity index (χ3n) is 2.83. The number of nitrogens with zero attached hydrogens (tertiary/aromatic N) is 1. The first-order valence-electron chi connectivity index (χ1n) is 5.96. The molecule has 0 fully saturated rings. The average Bonchev–Trinajstić information content (AvgIpc) is 2.45. The van der Waals surface area contributed by atoms with Gasteiger partial charge >= 0.3 is 0 Å². The summed E-state index contributed by atoms with van der Waals surface area (Å²) in [5.74, 6) is 0.453. The van der Waals surface area contributed by atoms with Crippen molar-refractivity contribution in [3.05, 3.63) is 67.1 Å². The van der Waals surface area contributed by atoms with E-state index in [0.29, 0.717) is 26.4 Å². The number of aliphatic hydroxyl groups excluding tert-OH is 1. The Morgan fingerprint density at radius 2 is 2.05 bits per heavy atom. The van der Waals surface area contributed by atoms with Gasteiger partial charge in [0.1, 0.15) is 12.4 Å². The van der Waals surface area contributed by atoms with Gasteiger partial charge in [0.25, 0.3) is 5.69 Å². The van der Waals surface area contributed by atoms with E-state index in [9.17, 15) is 15.2 Å². The fourth-order valence-electron chi connectivity index (χ4n) is 1.84. The molecular formula is C14H11BrClNO4. The van der Waals surface area contributed by atoms with E-state index in [2.05, 4.69) is 15.9 Å². The summed E-state index contributed by atoms with van der Waals surface area (Å²) in [4.78, 5) is 10.5. The highest BCUT2D eigenvalue weighted by Gasteiger charge is 2.16. The highest BCUT2D eigenvalue weighted by molar-refractivity contribution is 9.10. The SMILES string of the molecule is O=[N+]([O-])c1ccc(Cl)cc1COc1c(Br)cccc1CO. The number of rotatable bonds is 5. The molecule has 0 atom stereocenters. The lowest BCUT2D eigenvalue weighted by atomic mass is 10.2. The summed E-state index contributed by atoms with van der Waals surface area (Å²) in [5.41, 5.74) is 0.901. The Morgan fingerprint density at radius 3 is 2.71 bits per heavy atom. The fourth-order valence-corrected chi connectivity index (χ4v) is 2.55. The Labute approximate surface area is 134 Å². The van der Waals surface area contributed by atoms with E-state index in [1.165, 1.54) is 18.2 Å². The van der Waals surface area contributed by atoms with Crippen molar-refractivity contribution in [2.45, 2.75) is 13.2 Å². The molecule has 2 aromatic rings. The standard InChI is InChI=1S/C14H11BrClNO4/c15-12-3-1-2-9(7-18)14(12)21-8-10-6-11(16)4-5-13(10)17(19)20/h1-6,18H,7-8H2. The van der Waals surface area contributed by atoms with Crippen LogP contribution in [-0.2, 0) is 13.2 Å². The zero-order valence-electron chi connectivity index (χ0n) is 10.8. The Balaban J connectivity index is 2.28. The van der Waals surface area contributed by atoms with E-state index < -0.39 is 4.92 Å². The van der Waals surface area contributed by atoms with E-state index in [4.69, 9.17) is 16.3 Å². The first kappa shape index (κ1) is 15.8. The molecule has 0 amide bonds. The zero-order valence-corrected chi connectivity index (χ0v) is 13.1. The molecule has 0 aliphatic carbocycles. The highest BCUT2D eigenvalue weighted by atomic mass is 79.9. The van der Waals surface area contributed by atoms with E-state index in [-0.39, 0.29) is 18.9 Å². The molecule has 0 spiro atoms. The molecule has 2 rings (SSSR count). The Morgan fingerprint density at radius 1 is 1.29 bits per heavy atom. The summed E-state index contributed by atoms with van der Waals surface area (Å²) < 4.78 is 6.29. The minimum absolute atomic E-state index is 0.0213. The molecule has 5 nitrogen and oxygen atoms in total. The summed E-state index contributed by atoms with van der Waals surface area (Å²) in [6, 6.07) is 9.54. The number of hydrogen-bond acceptors (Lipinski definition) is 4. The summed E-state index contributed by atoms with van der Waals surface area (Å²) in [6.45, 7) is -0.209. The van der Waals surface area contributed by atoms with Crippen LogP contribution in [0.3, 0.4) is 0 Å². The summed E-state index contributed by atoms with van der Waals surface area (Å²) >= 11 is 9.19. The number of ether oxygens (including phenoxy) is 1. The summed E-state index contributed by atoms with van der Waals surface area (Å²) in [6.07, 6.45) is 0. The maximum atomic E-state index is 11.0. The molecule has 0 aliphatic rings. The van der Waals surface area contributed by atoms with Gasteiger partial charge in [-0.2, -0.15) is 0 Å². The van der Waals surface area contributed by atoms with E-state index in [1.807, 2.05) is 0 Å². The van der Waals surface area contributed by atoms with Crippen molar-refractivity contribution in [3.8, 4) is 5.75 Å². The van der Waals surface area contributed by atoms with Crippen LogP contribution in [0.1, 0.15) is 11.1 Å². The van der Waals surface area contributed by atoms with Crippen molar-refractivity contribution in [2.75, 3.05) is 0 Å². The van der Waals surface area contributed by atoms with Crippen LogP contribution in [0, 0.1) is 10.1 Å². The zero-order chi connectivity index (χ0) is 15.4. The Hall–Kier alpha value is -1.63. The van der Waals surface area contributed by atoms with Gasteiger partial charge < -0.3 is 9.84 Å². The molecule has 7 heteroatoms. The minimum Gasteiger partial charge on any atom is -0.487 e. The van der Waals surface area contributed by atoms with Crippen molar-refractivity contribution in [1.82, 2.24) is 0 Å². The van der Waals surface area contributed by atoms with Crippen molar-refractivity contribution in [1.29, 1.82) is 0 Å². The molecule has 110 valence electrons. The van der Waals surface area contributed by atoms with Gasteiger partial charge in [0.15, 0.2) is 0 Å². The second-order valence-electron chi connectivity index (χ2n) is 4.21. The fraction of sp³-hybridized carbons (Fsp3) is 0.143. The lowest BCUT2D eigenvalue weighted by Gasteiger charge is -2.12. The normalized spacial score (nSPS) is 10.4. The van der Waals surface area contributed by atoms with Crippen LogP contribution in [0.15, 0.2) is 40.9 Å². The summed E-state index contributed by atoms with van der Waals surface area (Å²) in [7, 11) is 0. The molecule has 1 N–H and O–H groups in total. The van der Waals surface area contributed by atoms with Crippen molar-refractivity contribution in [3.63, 3.8) is 0 Å². The number of nitro groups is 1. The van der Waals surface area contributed by atoms with E-state index in [1.54, 1.807) is 18.2 Å². The molecule has 21 heavy (non-hydrogen) atoms. The van der Waals surface area contributed by atoms with Crippen LogP contribution in [0.25, 0.3) is 0 Å². The topological polar surface area (TPSA) is 72.6 Å². The lowest BCUT2D eigenvalue weighted by molar-refractivity contribution is -0.385. The molecule has 0 radical (unpaired) electrons. The molecule has 2 aromatic carbocycles. The van der Waals surface area contributed by atoms with Crippen molar-refractivity contribution < 1.29 is 14.8 Å². The largest absolute Gasteiger partial charge is 0.487 e. The van der Waals surface area contributed by atoms with Crippen molar-refractivity contribution in [2.24, 2.45) is 0 Å². The molecule has 0 unspecified atom stereocenters. The highest BCUT2D eigenvalue weighted by Crippen LogP contribution is 2.31. The molecule has 0 aliphatic heterocycles. The number of para-hydroxylation sites is 1.